The largest absolute Gasteiger partial charge is 0.303 e. The number of fused-ring (bicyclic) bond motifs is 25. The summed E-state index contributed by atoms with van der Waals surface area (Å²) in [6.45, 7) is 19.6. The molecule has 0 aliphatic heterocycles. The Balaban J connectivity index is 0.000000130. The van der Waals surface area contributed by atoms with Crippen molar-refractivity contribution in [2.24, 2.45) is 0 Å². The topological polar surface area (TPSA) is 64.5 Å². The smallest absolute Gasteiger partial charge is 0.0242 e. The van der Waals surface area contributed by atoms with Gasteiger partial charge in [0.2, 0.25) is 0 Å². The van der Waals surface area contributed by atoms with Gasteiger partial charge >= 0.3 is 0 Å². The van der Waals surface area contributed by atoms with Crippen molar-refractivity contribution < 1.29 is 101 Å². The van der Waals surface area contributed by atoms with Crippen LogP contribution in [0.1, 0.15) is 59.7 Å². The van der Waals surface area contributed by atoms with E-state index in [2.05, 4.69) is 284 Å². The van der Waals surface area contributed by atoms with Crippen LogP contribution < -0.4 is 0 Å². The number of nitrogens with zero attached hydrogens (tertiary/aromatic N) is 5. The van der Waals surface area contributed by atoms with Gasteiger partial charge in [-0.3, -0.25) is 0 Å². The van der Waals surface area contributed by atoms with Crippen LogP contribution in [0.25, 0.3) is 162 Å². The standard InChI is InChI=1S/C21H18N.2C19H14N.2C18H12N.5Ir/c1-21(2,3)16-10-8-15-13-22-20-17-7-5-4-6-14(17)9-11-18(20)19(15)12-16;1-12-6-7-14-11-20-19-16-5-3-4-13(2)15(16)8-9-17(19)18(14)10-12;1-12-7-8-13(2)18-16-10-9-14-5-3-4-6-15(14)19(16)20-11-17(12)18;1-12-6-8-15-14(10-12)11-19-18-16-5-3-2-4-13(16)7-9-17(15)18;1-12-6-7-14-11-19-18-15-5-3-2-4-13(15)8-9-16(18)17(14)10-12;;;;;/h4-6,8-13H,1-3H3;3-4,6-11H,1-2H3;3-5,7-11H,1-2H3;2*2-4,6-11H,1H3;;;;;/q5*-1;;;;;. The molecule has 105 heavy (non-hydrogen) atoms. The van der Waals surface area contributed by atoms with Gasteiger partial charge in [-0.1, -0.05) is 184 Å². The summed E-state index contributed by atoms with van der Waals surface area (Å²) in [5, 5.41) is 30.0. The van der Waals surface area contributed by atoms with E-state index in [1.165, 1.54) is 147 Å². The molecule has 0 unspecified atom stereocenters. The van der Waals surface area contributed by atoms with Crippen LogP contribution in [0, 0.1) is 71.9 Å². The molecular weight excluding hydrogens is 2170 g/mol. The van der Waals surface area contributed by atoms with Crippen LogP contribution in [0.5, 0.6) is 0 Å². The molecular formula is C95H70Ir5N5-5. The molecule has 525 valence electrons. The van der Waals surface area contributed by atoms with Gasteiger partial charge in [-0.15, -0.1) is 175 Å². The number of rotatable bonds is 0. The molecule has 5 aromatic heterocycles. The molecule has 0 N–H and O–H groups in total. The summed E-state index contributed by atoms with van der Waals surface area (Å²) in [5.41, 5.74) is 14.4. The van der Waals surface area contributed by atoms with Crippen LogP contribution >= 0.6 is 0 Å². The van der Waals surface area contributed by atoms with Crippen LogP contribution in [0.15, 0.2) is 262 Å². The average molecular weight is 2240 g/mol. The normalized spacial score (nSPS) is 11.1. The number of pyridine rings is 5. The zero-order valence-electron chi connectivity index (χ0n) is 59.2. The quantitative estimate of drug-likeness (QED) is 0.112. The number of benzene rings is 15. The van der Waals surface area contributed by atoms with E-state index in [0.29, 0.717) is 0 Å². The number of hydrogen-bond acceptors (Lipinski definition) is 5. The maximum absolute atomic E-state index is 4.71. The summed E-state index contributed by atoms with van der Waals surface area (Å²) >= 11 is 0. The van der Waals surface area contributed by atoms with E-state index < -0.39 is 0 Å². The van der Waals surface area contributed by atoms with E-state index >= 15 is 0 Å². The van der Waals surface area contributed by atoms with Crippen molar-refractivity contribution in [2.75, 3.05) is 0 Å². The second kappa shape index (κ2) is 32.5. The van der Waals surface area contributed by atoms with Gasteiger partial charge in [0.05, 0.1) is 0 Å². The predicted molar refractivity (Wildman–Crippen MR) is 425 cm³/mol. The third-order valence-corrected chi connectivity index (χ3v) is 19.7. The summed E-state index contributed by atoms with van der Waals surface area (Å²) in [4.78, 5) is 23.4. The Bertz CT molecular complexity index is 6680. The van der Waals surface area contributed by atoms with Crippen molar-refractivity contribution in [3.05, 3.63) is 331 Å². The molecule has 0 saturated heterocycles. The molecule has 5 nitrogen and oxygen atoms in total. The number of hydrogen-bond donors (Lipinski definition) is 0. The second-order valence-corrected chi connectivity index (χ2v) is 27.5. The molecule has 20 rings (SSSR count). The minimum atomic E-state index is 0. The Labute approximate surface area is 679 Å². The van der Waals surface area contributed by atoms with Gasteiger partial charge in [-0.05, 0) is 166 Å². The summed E-state index contributed by atoms with van der Waals surface area (Å²) in [6, 6.07) is 97.3. The van der Waals surface area contributed by atoms with E-state index in [1.54, 1.807) is 0 Å². The molecule has 0 aliphatic carbocycles. The van der Waals surface area contributed by atoms with E-state index in [9.17, 15) is 0 Å². The van der Waals surface area contributed by atoms with E-state index in [-0.39, 0.29) is 106 Å². The second-order valence-electron chi connectivity index (χ2n) is 27.5. The van der Waals surface area contributed by atoms with Crippen LogP contribution in [-0.4, -0.2) is 24.9 Å². The predicted octanol–water partition coefficient (Wildman–Crippen LogP) is 24.8. The third kappa shape index (κ3) is 15.1. The number of aryl methyl sites for hydroxylation is 6. The Morgan fingerprint density at radius 3 is 1.06 bits per heavy atom. The molecule has 10 heteroatoms. The summed E-state index contributed by atoms with van der Waals surface area (Å²) < 4.78 is 0. The molecule has 0 atom stereocenters. The summed E-state index contributed by atoms with van der Waals surface area (Å²) in [7, 11) is 0. The molecule has 0 amide bonds. The van der Waals surface area contributed by atoms with Gasteiger partial charge in [0, 0.05) is 137 Å². The van der Waals surface area contributed by atoms with Crippen molar-refractivity contribution in [2.45, 2.75) is 67.7 Å². The molecule has 0 fully saturated rings. The zero-order chi connectivity index (χ0) is 68.3. The van der Waals surface area contributed by atoms with Crippen molar-refractivity contribution >= 4 is 162 Å². The molecule has 5 radical (unpaired) electrons. The molecule has 0 aliphatic rings. The van der Waals surface area contributed by atoms with Crippen LogP contribution in [-0.2, 0) is 106 Å². The fourth-order valence-corrected chi connectivity index (χ4v) is 14.3. The van der Waals surface area contributed by atoms with Crippen molar-refractivity contribution in [1.82, 2.24) is 24.9 Å². The molecule has 0 saturated carbocycles. The molecule has 15 aromatic carbocycles. The first-order chi connectivity index (χ1) is 48.7. The molecule has 5 heterocycles. The van der Waals surface area contributed by atoms with E-state index in [0.717, 1.165) is 54.5 Å². The third-order valence-electron chi connectivity index (χ3n) is 19.7. The average Bonchev–Trinajstić information content (AvgIpc) is 0.782. The first kappa shape index (κ1) is 77.3. The molecule has 0 bridgehead atoms. The monoisotopic (exact) mass is 2250 g/mol. The van der Waals surface area contributed by atoms with Crippen molar-refractivity contribution in [1.29, 1.82) is 0 Å². The Hall–Kier alpha value is -8.80. The van der Waals surface area contributed by atoms with Gasteiger partial charge in [-0.25, -0.2) is 0 Å². The molecule has 0 spiro atoms. The van der Waals surface area contributed by atoms with Gasteiger partial charge in [0.25, 0.3) is 0 Å². The van der Waals surface area contributed by atoms with Crippen LogP contribution in [0.4, 0.5) is 0 Å². The van der Waals surface area contributed by atoms with Crippen molar-refractivity contribution in [3.8, 4) is 0 Å². The fourth-order valence-electron chi connectivity index (χ4n) is 14.3. The first-order valence-electron chi connectivity index (χ1n) is 34.2. The molecule has 20 aromatic rings. The van der Waals surface area contributed by atoms with Gasteiger partial charge in [0.1, 0.15) is 0 Å². The van der Waals surface area contributed by atoms with Crippen LogP contribution in [0.3, 0.4) is 0 Å². The summed E-state index contributed by atoms with van der Waals surface area (Å²) in [6.07, 6.45) is 9.86. The summed E-state index contributed by atoms with van der Waals surface area (Å²) in [5.74, 6) is 0. The minimum absolute atomic E-state index is 0. The van der Waals surface area contributed by atoms with Gasteiger partial charge in [0.15, 0.2) is 0 Å². The Morgan fingerprint density at radius 1 is 0.238 bits per heavy atom. The van der Waals surface area contributed by atoms with Gasteiger partial charge < -0.3 is 24.9 Å². The minimum Gasteiger partial charge on any atom is -0.303 e. The first-order valence-corrected chi connectivity index (χ1v) is 34.2. The zero-order valence-corrected chi connectivity index (χ0v) is 71.2. The van der Waals surface area contributed by atoms with Gasteiger partial charge in [-0.2, -0.15) is 0 Å². The van der Waals surface area contributed by atoms with Crippen LogP contribution in [0.2, 0.25) is 0 Å². The van der Waals surface area contributed by atoms with Crippen molar-refractivity contribution in [3.63, 3.8) is 0 Å². The fraction of sp³-hybridized carbons (Fsp3) is 0.105. The van der Waals surface area contributed by atoms with E-state index in [1.807, 2.05) is 85.6 Å². The van der Waals surface area contributed by atoms with E-state index in [4.69, 9.17) is 9.97 Å². The SMILES string of the molecule is CC(C)(C)c1ccc2cnc3c4[c-]cccc4ccc3c2c1.Cc1ccc(C)c2c1cnc1c3[c-]cccc3ccc12.Cc1ccc2c(cnc3c4[c-]cccc4ccc23)c1.Cc1ccc2cnc3c4[c-]ccc(C)c4ccc3c2c1.Cc1ccc2cnc3c4[c-]cccc4ccc3c2c1.[Ir].[Ir].[Ir].[Ir].[Ir]. The number of aromatic nitrogens is 5. The Kier molecular flexibility index (Phi) is 23.9. The Morgan fingerprint density at radius 2 is 0.571 bits per heavy atom. The maximum Gasteiger partial charge on any atom is 0.0242 e. The maximum atomic E-state index is 4.71.